The zero-order valence-corrected chi connectivity index (χ0v) is 8.72. The fourth-order valence-electron chi connectivity index (χ4n) is 1.44. The minimum atomic E-state index is -2.94. The van der Waals surface area contributed by atoms with Crippen molar-refractivity contribution in [3.63, 3.8) is 0 Å². The van der Waals surface area contributed by atoms with Gasteiger partial charge in [0.15, 0.2) is 9.84 Å². The van der Waals surface area contributed by atoms with Crippen molar-refractivity contribution in [2.24, 2.45) is 11.7 Å². The Morgan fingerprint density at radius 2 is 2.31 bits per heavy atom. The van der Waals surface area contributed by atoms with Crippen LogP contribution in [0.5, 0.6) is 0 Å². The van der Waals surface area contributed by atoms with Crippen molar-refractivity contribution in [2.45, 2.75) is 19.4 Å². The molecule has 1 heterocycles. The van der Waals surface area contributed by atoms with Gasteiger partial charge < -0.3 is 10.5 Å². The van der Waals surface area contributed by atoms with Crippen molar-refractivity contribution in [2.75, 3.05) is 24.7 Å². The first kappa shape index (κ1) is 10.9. The largest absolute Gasteiger partial charge is 0.381 e. The van der Waals surface area contributed by atoms with Crippen molar-refractivity contribution in [3.05, 3.63) is 0 Å². The van der Waals surface area contributed by atoms with Crippen LogP contribution in [0, 0.1) is 5.92 Å². The van der Waals surface area contributed by atoms with E-state index in [9.17, 15) is 8.42 Å². The molecular formula is C8H17NO3S. The highest BCUT2D eigenvalue weighted by Crippen LogP contribution is 2.16. The molecule has 0 radical (unpaired) electrons. The molecule has 0 aromatic heterocycles. The highest BCUT2D eigenvalue weighted by atomic mass is 32.2. The molecule has 0 spiro atoms. The van der Waals surface area contributed by atoms with Crippen LogP contribution >= 0.6 is 0 Å². The first-order valence-electron chi connectivity index (χ1n) is 4.59. The molecule has 78 valence electrons. The van der Waals surface area contributed by atoms with Gasteiger partial charge in [0.25, 0.3) is 0 Å². The van der Waals surface area contributed by atoms with E-state index in [-0.39, 0.29) is 23.5 Å². The van der Waals surface area contributed by atoms with Gasteiger partial charge in [-0.2, -0.15) is 0 Å². The van der Waals surface area contributed by atoms with Crippen molar-refractivity contribution in [1.29, 1.82) is 0 Å². The van der Waals surface area contributed by atoms with E-state index in [1.807, 2.05) is 0 Å². The topological polar surface area (TPSA) is 69.4 Å². The second-order valence-electron chi connectivity index (χ2n) is 3.49. The lowest BCUT2D eigenvalue weighted by molar-refractivity contribution is 0.182. The van der Waals surface area contributed by atoms with Crippen LogP contribution in [0.25, 0.3) is 0 Å². The van der Waals surface area contributed by atoms with E-state index in [1.54, 1.807) is 6.92 Å². The summed E-state index contributed by atoms with van der Waals surface area (Å²) in [5.41, 5.74) is 5.78. The third-order valence-corrected chi connectivity index (χ3v) is 4.23. The maximum Gasteiger partial charge on any atom is 0.151 e. The van der Waals surface area contributed by atoms with E-state index in [0.717, 1.165) is 6.42 Å². The molecule has 0 aliphatic carbocycles. The molecule has 5 heteroatoms. The predicted molar refractivity (Wildman–Crippen MR) is 51.2 cm³/mol. The van der Waals surface area contributed by atoms with Crippen molar-refractivity contribution < 1.29 is 13.2 Å². The summed E-state index contributed by atoms with van der Waals surface area (Å²) in [5.74, 6) is 0.493. The van der Waals surface area contributed by atoms with E-state index in [2.05, 4.69) is 0 Å². The molecule has 13 heavy (non-hydrogen) atoms. The predicted octanol–water partition coefficient (Wildman–Crippen LogP) is -0.215. The Labute approximate surface area is 79.4 Å². The molecule has 1 saturated heterocycles. The summed E-state index contributed by atoms with van der Waals surface area (Å²) in [7, 11) is -2.94. The minimum absolute atomic E-state index is 0.0948. The van der Waals surface area contributed by atoms with E-state index in [0.29, 0.717) is 13.2 Å². The summed E-state index contributed by atoms with van der Waals surface area (Å²) in [5, 5.41) is 0. The van der Waals surface area contributed by atoms with Gasteiger partial charge in [-0.25, -0.2) is 8.42 Å². The lowest BCUT2D eigenvalue weighted by Gasteiger charge is -2.16. The van der Waals surface area contributed by atoms with Crippen LogP contribution in [0.3, 0.4) is 0 Å². The van der Waals surface area contributed by atoms with Gasteiger partial charge in [0.05, 0.1) is 12.4 Å². The first-order valence-corrected chi connectivity index (χ1v) is 6.41. The number of rotatable bonds is 4. The SMILES string of the molecule is CCS(=O)(=O)CC(N)C1CCOC1. The lowest BCUT2D eigenvalue weighted by atomic mass is 10.0. The molecule has 1 aliphatic rings. The molecule has 0 bridgehead atoms. The van der Waals surface area contributed by atoms with Gasteiger partial charge in [-0.1, -0.05) is 6.92 Å². The number of sulfone groups is 1. The number of hydrogen-bond acceptors (Lipinski definition) is 4. The fourth-order valence-corrected chi connectivity index (χ4v) is 2.53. The normalized spacial score (nSPS) is 26.2. The van der Waals surface area contributed by atoms with Crippen LogP contribution in [0.2, 0.25) is 0 Å². The van der Waals surface area contributed by atoms with Crippen LogP contribution in [-0.2, 0) is 14.6 Å². The van der Waals surface area contributed by atoms with Crippen LogP contribution in [0.15, 0.2) is 0 Å². The van der Waals surface area contributed by atoms with E-state index < -0.39 is 9.84 Å². The van der Waals surface area contributed by atoms with Gasteiger partial charge in [0, 0.05) is 24.3 Å². The molecule has 1 rings (SSSR count). The standard InChI is InChI=1S/C8H17NO3S/c1-2-13(10,11)6-8(9)7-3-4-12-5-7/h7-8H,2-6,9H2,1H3. The zero-order valence-electron chi connectivity index (χ0n) is 7.90. The second-order valence-corrected chi connectivity index (χ2v) is 5.88. The van der Waals surface area contributed by atoms with Crippen molar-refractivity contribution in [3.8, 4) is 0 Å². The second kappa shape index (κ2) is 4.39. The summed E-state index contributed by atoms with van der Waals surface area (Å²) >= 11 is 0. The molecule has 1 aliphatic heterocycles. The molecule has 1 fully saturated rings. The first-order chi connectivity index (χ1) is 6.05. The average Bonchev–Trinajstić information content (AvgIpc) is 2.55. The monoisotopic (exact) mass is 207 g/mol. The Balaban J connectivity index is 2.44. The zero-order chi connectivity index (χ0) is 9.90. The third-order valence-electron chi connectivity index (χ3n) is 2.46. The molecule has 0 saturated carbocycles. The molecule has 0 amide bonds. The molecule has 4 nitrogen and oxygen atoms in total. The highest BCUT2D eigenvalue weighted by molar-refractivity contribution is 7.91. The summed E-state index contributed by atoms with van der Waals surface area (Å²) in [6.07, 6.45) is 0.889. The average molecular weight is 207 g/mol. The van der Waals surface area contributed by atoms with Crippen LogP contribution in [-0.4, -0.2) is 39.2 Å². The van der Waals surface area contributed by atoms with Crippen molar-refractivity contribution in [1.82, 2.24) is 0 Å². The Bertz CT molecular complexity index is 244. The minimum Gasteiger partial charge on any atom is -0.381 e. The van der Waals surface area contributed by atoms with Gasteiger partial charge in [-0.3, -0.25) is 0 Å². The molecule has 2 atom stereocenters. The van der Waals surface area contributed by atoms with Gasteiger partial charge in [0.2, 0.25) is 0 Å². The van der Waals surface area contributed by atoms with Crippen LogP contribution in [0.1, 0.15) is 13.3 Å². The molecule has 0 aromatic rings. The van der Waals surface area contributed by atoms with Crippen LogP contribution in [0.4, 0.5) is 0 Å². The fraction of sp³-hybridized carbons (Fsp3) is 1.00. The summed E-state index contributed by atoms with van der Waals surface area (Å²) in [4.78, 5) is 0. The Hall–Kier alpha value is -0.130. The Kier molecular flexibility index (Phi) is 3.70. The molecule has 2 N–H and O–H groups in total. The van der Waals surface area contributed by atoms with Crippen LogP contribution < -0.4 is 5.73 Å². The van der Waals surface area contributed by atoms with Gasteiger partial charge >= 0.3 is 0 Å². The molecule has 2 unspecified atom stereocenters. The number of nitrogens with two attached hydrogens (primary N) is 1. The molecular weight excluding hydrogens is 190 g/mol. The van der Waals surface area contributed by atoms with E-state index in [4.69, 9.17) is 10.5 Å². The van der Waals surface area contributed by atoms with Crippen molar-refractivity contribution >= 4 is 9.84 Å². The maximum atomic E-state index is 11.2. The summed E-state index contributed by atoms with van der Waals surface area (Å²) < 4.78 is 27.6. The van der Waals surface area contributed by atoms with E-state index in [1.165, 1.54) is 0 Å². The summed E-state index contributed by atoms with van der Waals surface area (Å²) in [6.45, 7) is 2.97. The highest BCUT2D eigenvalue weighted by Gasteiger charge is 2.26. The summed E-state index contributed by atoms with van der Waals surface area (Å²) in [6, 6.07) is -0.257. The van der Waals surface area contributed by atoms with Gasteiger partial charge in [0.1, 0.15) is 0 Å². The third kappa shape index (κ3) is 3.25. The van der Waals surface area contributed by atoms with Gasteiger partial charge in [-0.15, -0.1) is 0 Å². The number of hydrogen-bond donors (Lipinski definition) is 1. The Morgan fingerprint density at radius 3 is 2.77 bits per heavy atom. The quantitative estimate of drug-likeness (QED) is 0.692. The number of ether oxygens (including phenoxy) is 1. The molecule has 0 aromatic carbocycles. The maximum absolute atomic E-state index is 11.2. The lowest BCUT2D eigenvalue weighted by Crippen LogP contribution is -2.37. The smallest absolute Gasteiger partial charge is 0.151 e. The van der Waals surface area contributed by atoms with E-state index >= 15 is 0 Å². The van der Waals surface area contributed by atoms with Gasteiger partial charge in [-0.05, 0) is 6.42 Å². The Morgan fingerprint density at radius 1 is 1.62 bits per heavy atom.